The van der Waals surface area contributed by atoms with E-state index in [4.69, 9.17) is 9.47 Å². The Kier molecular flexibility index (Phi) is 4.01. The normalized spacial score (nSPS) is 10.8. The molecule has 0 aliphatic carbocycles. The van der Waals surface area contributed by atoms with Gasteiger partial charge in [0.15, 0.2) is 11.5 Å². The van der Waals surface area contributed by atoms with Crippen LogP contribution in [0.5, 0.6) is 11.5 Å². The molecule has 0 aliphatic rings. The van der Waals surface area contributed by atoms with Crippen LogP contribution in [0.2, 0.25) is 0 Å². The third kappa shape index (κ3) is 2.65. The van der Waals surface area contributed by atoms with Crippen LogP contribution in [0.3, 0.4) is 0 Å². The minimum Gasteiger partial charge on any atom is -0.493 e. The second-order valence-electron chi connectivity index (χ2n) is 5.98. The molecule has 0 spiro atoms. The molecule has 0 N–H and O–H groups in total. The number of ketones is 1. The monoisotopic (exact) mass is 343 g/mol. The number of fused-ring (bicyclic) bond motifs is 2. The number of carbonyl (C=O) groups excluding carboxylic acids is 1. The Labute approximate surface area is 151 Å². The maximum absolute atomic E-state index is 13.1. The Morgan fingerprint density at radius 3 is 2.31 bits per heavy atom. The van der Waals surface area contributed by atoms with Gasteiger partial charge >= 0.3 is 0 Å². The molecule has 1 heterocycles. The van der Waals surface area contributed by atoms with E-state index in [0.717, 1.165) is 21.5 Å². The first-order valence-electron chi connectivity index (χ1n) is 8.25. The van der Waals surface area contributed by atoms with E-state index in [1.165, 1.54) is 0 Å². The summed E-state index contributed by atoms with van der Waals surface area (Å²) < 4.78 is 10.7. The summed E-state index contributed by atoms with van der Waals surface area (Å²) in [6, 6.07) is 19.2. The summed E-state index contributed by atoms with van der Waals surface area (Å²) in [6.45, 7) is 0. The molecule has 3 aromatic carbocycles. The maximum atomic E-state index is 13.1. The number of benzene rings is 3. The van der Waals surface area contributed by atoms with Crippen LogP contribution >= 0.6 is 0 Å². The zero-order chi connectivity index (χ0) is 18.1. The van der Waals surface area contributed by atoms with Crippen LogP contribution in [0.15, 0.2) is 66.9 Å². The molecule has 0 unspecified atom stereocenters. The number of aromatic nitrogens is 1. The molecule has 0 saturated carbocycles. The van der Waals surface area contributed by atoms with Gasteiger partial charge in [0.1, 0.15) is 5.69 Å². The summed E-state index contributed by atoms with van der Waals surface area (Å²) in [7, 11) is 3.16. The van der Waals surface area contributed by atoms with Crippen molar-refractivity contribution < 1.29 is 14.3 Å². The van der Waals surface area contributed by atoms with Crippen LogP contribution in [0.25, 0.3) is 21.5 Å². The van der Waals surface area contributed by atoms with E-state index in [2.05, 4.69) is 4.98 Å². The number of rotatable bonds is 4. The van der Waals surface area contributed by atoms with Gasteiger partial charge in [0.2, 0.25) is 5.78 Å². The molecule has 0 bridgehead atoms. The van der Waals surface area contributed by atoms with Crippen LogP contribution in [-0.4, -0.2) is 25.0 Å². The van der Waals surface area contributed by atoms with Gasteiger partial charge in [0.25, 0.3) is 0 Å². The first kappa shape index (κ1) is 16.1. The highest BCUT2D eigenvalue weighted by atomic mass is 16.5. The second kappa shape index (κ2) is 6.48. The van der Waals surface area contributed by atoms with Gasteiger partial charge < -0.3 is 9.47 Å². The highest BCUT2D eigenvalue weighted by Gasteiger charge is 2.17. The van der Waals surface area contributed by atoms with Crippen molar-refractivity contribution in [3.63, 3.8) is 0 Å². The van der Waals surface area contributed by atoms with E-state index >= 15 is 0 Å². The van der Waals surface area contributed by atoms with Crippen LogP contribution in [0.1, 0.15) is 16.1 Å². The van der Waals surface area contributed by atoms with Gasteiger partial charge in [-0.25, -0.2) is 0 Å². The Morgan fingerprint density at radius 1 is 0.808 bits per heavy atom. The van der Waals surface area contributed by atoms with E-state index in [1.807, 2.05) is 54.6 Å². The third-order valence-electron chi connectivity index (χ3n) is 4.50. The lowest BCUT2D eigenvalue weighted by molar-refractivity contribution is 0.103. The summed E-state index contributed by atoms with van der Waals surface area (Å²) in [5.74, 6) is 1.07. The standard InChI is InChI=1S/C22H17NO3/c1-25-19-12-16-9-10-23-21(18(16)13-20(19)26-2)22(24)17-8-7-14-5-3-4-6-15(14)11-17/h3-13H,1-2H3. The molecule has 0 radical (unpaired) electrons. The van der Waals surface area contributed by atoms with E-state index in [0.29, 0.717) is 22.8 Å². The summed E-state index contributed by atoms with van der Waals surface area (Å²) in [6.07, 6.45) is 1.64. The largest absolute Gasteiger partial charge is 0.493 e. The van der Waals surface area contributed by atoms with E-state index in [-0.39, 0.29) is 5.78 Å². The van der Waals surface area contributed by atoms with Gasteiger partial charge in [-0.3, -0.25) is 9.78 Å². The fourth-order valence-corrected chi connectivity index (χ4v) is 3.15. The molecule has 26 heavy (non-hydrogen) atoms. The molecular formula is C22H17NO3. The lowest BCUT2D eigenvalue weighted by atomic mass is 9.99. The highest BCUT2D eigenvalue weighted by Crippen LogP contribution is 2.33. The molecule has 0 fully saturated rings. The Balaban J connectivity index is 1.87. The van der Waals surface area contributed by atoms with Gasteiger partial charge in [-0.05, 0) is 40.4 Å². The number of ether oxygens (including phenoxy) is 2. The number of methoxy groups -OCH3 is 2. The predicted octanol–water partition coefficient (Wildman–Crippen LogP) is 4.64. The summed E-state index contributed by atoms with van der Waals surface area (Å²) >= 11 is 0. The van der Waals surface area contributed by atoms with Crippen molar-refractivity contribution in [2.75, 3.05) is 14.2 Å². The summed E-state index contributed by atoms with van der Waals surface area (Å²) in [5, 5.41) is 3.74. The minimum atomic E-state index is -0.117. The van der Waals surface area contributed by atoms with Crippen LogP contribution in [0, 0.1) is 0 Å². The minimum absolute atomic E-state index is 0.117. The van der Waals surface area contributed by atoms with Gasteiger partial charge in [0, 0.05) is 17.1 Å². The third-order valence-corrected chi connectivity index (χ3v) is 4.50. The van der Waals surface area contributed by atoms with Crippen LogP contribution < -0.4 is 9.47 Å². The summed E-state index contributed by atoms with van der Waals surface area (Å²) in [4.78, 5) is 17.5. The van der Waals surface area contributed by atoms with Crippen LogP contribution in [-0.2, 0) is 0 Å². The van der Waals surface area contributed by atoms with Crippen molar-refractivity contribution in [3.8, 4) is 11.5 Å². The molecule has 1 aromatic heterocycles. The van der Waals surface area contributed by atoms with Gasteiger partial charge in [-0.2, -0.15) is 0 Å². The van der Waals surface area contributed by atoms with Crippen molar-refractivity contribution in [2.45, 2.75) is 0 Å². The van der Waals surface area contributed by atoms with Gasteiger partial charge in [-0.15, -0.1) is 0 Å². The average Bonchev–Trinajstić information content (AvgIpc) is 2.71. The molecule has 4 heteroatoms. The van der Waals surface area contributed by atoms with E-state index < -0.39 is 0 Å². The smallest absolute Gasteiger partial charge is 0.211 e. The second-order valence-corrected chi connectivity index (χ2v) is 5.98. The fourth-order valence-electron chi connectivity index (χ4n) is 3.15. The number of hydrogen-bond donors (Lipinski definition) is 0. The first-order valence-corrected chi connectivity index (χ1v) is 8.25. The Morgan fingerprint density at radius 2 is 1.54 bits per heavy atom. The molecule has 4 nitrogen and oxygen atoms in total. The molecule has 128 valence electrons. The average molecular weight is 343 g/mol. The topological polar surface area (TPSA) is 48.4 Å². The molecule has 0 saturated heterocycles. The SMILES string of the molecule is COc1cc2ccnc(C(=O)c3ccc4ccccc4c3)c2cc1OC. The zero-order valence-electron chi connectivity index (χ0n) is 14.5. The first-order chi connectivity index (χ1) is 12.7. The van der Waals surface area contributed by atoms with Crippen molar-refractivity contribution in [1.29, 1.82) is 0 Å². The molecule has 0 amide bonds. The van der Waals surface area contributed by atoms with Crippen molar-refractivity contribution in [2.24, 2.45) is 0 Å². The molecule has 0 atom stereocenters. The van der Waals surface area contributed by atoms with Crippen molar-refractivity contribution in [3.05, 3.63) is 78.1 Å². The van der Waals surface area contributed by atoms with Gasteiger partial charge in [-0.1, -0.05) is 36.4 Å². The quantitative estimate of drug-likeness (QED) is 0.507. The number of nitrogens with zero attached hydrogens (tertiary/aromatic N) is 1. The lowest BCUT2D eigenvalue weighted by Gasteiger charge is -2.11. The Hall–Kier alpha value is -3.40. The fraction of sp³-hybridized carbons (Fsp3) is 0.0909. The summed E-state index contributed by atoms with van der Waals surface area (Å²) in [5.41, 5.74) is 1.01. The molecular weight excluding hydrogens is 326 g/mol. The zero-order valence-corrected chi connectivity index (χ0v) is 14.5. The van der Waals surface area contributed by atoms with Crippen LogP contribution in [0.4, 0.5) is 0 Å². The van der Waals surface area contributed by atoms with Crippen molar-refractivity contribution >= 4 is 27.3 Å². The molecule has 4 aromatic rings. The number of carbonyl (C=O) groups is 1. The molecule has 0 aliphatic heterocycles. The number of pyridine rings is 1. The number of hydrogen-bond acceptors (Lipinski definition) is 4. The van der Waals surface area contributed by atoms with E-state index in [1.54, 1.807) is 26.5 Å². The molecule has 4 rings (SSSR count). The van der Waals surface area contributed by atoms with E-state index in [9.17, 15) is 4.79 Å². The van der Waals surface area contributed by atoms with Crippen molar-refractivity contribution in [1.82, 2.24) is 4.98 Å². The predicted molar refractivity (Wildman–Crippen MR) is 102 cm³/mol. The Bertz CT molecular complexity index is 1130. The van der Waals surface area contributed by atoms with Gasteiger partial charge in [0.05, 0.1) is 14.2 Å². The lowest BCUT2D eigenvalue weighted by Crippen LogP contribution is -2.05. The highest BCUT2D eigenvalue weighted by molar-refractivity contribution is 6.16. The maximum Gasteiger partial charge on any atom is 0.211 e.